The number of piperidine rings is 1. The molecular weight excluding hydrogens is 428 g/mol. The van der Waals surface area contributed by atoms with Crippen molar-refractivity contribution < 1.29 is 13.2 Å². The normalized spacial score (nSPS) is 16.3. The lowest BCUT2D eigenvalue weighted by Gasteiger charge is -2.29. The zero-order valence-electron chi connectivity index (χ0n) is 16.8. The second-order valence-electron chi connectivity index (χ2n) is 7.65. The maximum absolute atomic E-state index is 12.9. The minimum absolute atomic E-state index is 0.144. The van der Waals surface area contributed by atoms with Gasteiger partial charge >= 0.3 is 0 Å². The maximum Gasteiger partial charge on any atom is 0.257 e. The number of aromatic nitrogens is 2. The molecule has 158 valence electrons. The molecule has 1 amide bonds. The fourth-order valence-corrected chi connectivity index (χ4v) is 6.14. The first-order valence-corrected chi connectivity index (χ1v) is 12.9. The highest BCUT2D eigenvalue weighted by molar-refractivity contribution is 8.01. The molecule has 0 radical (unpaired) electrons. The van der Waals surface area contributed by atoms with E-state index in [4.69, 9.17) is 0 Å². The minimum Gasteiger partial charge on any atom is -0.296 e. The third kappa shape index (κ3) is 5.78. The summed E-state index contributed by atoms with van der Waals surface area (Å²) >= 11 is 2.92. The van der Waals surface area contributed by atoms with E-state index in [1.165, 1.54) is 27.8 Å². The molecule has 1 aromatic carbocycles. The third-order valence-electron chi connectivity index (χ3n) is 4.64. The largest absolute Gasteiger partial charge is 0.296 e. The van der Waals surface area contributed by atoms with Gasteiger partial charge in [-0.2, -0.15) is 4.31 Å². The van der Waals surface area contributed by atoms with Gasteiger partial charge in [0.1, 0.15) is 0 Å². The van der Waals surface area contributed by atoms with Crippen LogP contribution in [-0.4, -0.2) is 47.7 Å². The van der Waals surface area contributed by atoms with Crippen LogP contribution < -0.4 is 5.32 Å². The lowest BCUT2D eigenvalue weighted by molar-refractivity contribution is 0.102. The molecule has 0 atom stereocenters. The van der Waals surface area contributed by atoms with E-state index in [1.54, 1.807) is 23.9 Å². The number of hydrogen-bond donors (Lipinski definition) is 1. The number of carbonyl (C=O) groups excluding carboxylic acids is 1. The fraction of sp³-hybridized carbons (Fsp3) is 0.526. The summed E-state index contributed by atoms with van der Waals surface area (Å²) in [5, 5.41) is 11.2. The van der Waals surface area contributed by atoms with Crippen molar-refractivity contribution in [2.45, 2.75) is 42.8 Å². The van der Waals surface area contributed by atoms with E-state index >= 15 is 0 Å². The SMILES string of the molecule is CC(C)CSc1nnc(NC(=O)c2cccc(S(=O)(=O)N3CCC(C)CC3)c2)s1. The number of nitrogens with one attached hydrogen (secondary N) is 1. The zero-order valence-corrected chi connectivity index (χ0v) is 19.2. The number of nitrogens with zero attached hydrogens (tertiary/aromatic N) is 3. The van der Waals surface area contributed by atoms with Crippen molar-refractivity contribution in [2.24, 2.45) is 11.8 Å². The summed E-state index contributed by atoms with van der Waals surface area (Å²) in [6.45, 7) is 7.42. The van der Waals surface area contributed by atoms with Gasteiger partial charge in [0, 0.05) is 24.4 Å². The van der Waals surface area contributed by atoms with Gasteiger partial charge in [0.05, 0.1) is 4.90 Å². The predicted octanol–water partition coefficient (Wildman–Crippen LogP) is 3.96. The molecule has 0 aliphatic carbocycles. The Balaban J connectivity index is 1.69. The second-order valence-corrected chi connectivity index (χ2v) is 11.8. The first-order valence-electron chi connectivity index (χ1n) is 9.63. The van der Waals surface area contributed by atoms with Crippen molar-refractivity contribution in [1.82, 2.24) is 14.5 Å². The molecule has 2 aromatic rings. The van der Waals surface area contributed by atoms with Crippen molar-refractivity contribution in [3.05, 3.63) is 29.8 Å². The summed E-state index contributed by atoms with van der Waals surface area (Å²) in [6.07, 6.45) is 1.71. The van der Waals surface area contributed by atoms with Gasteiger partial charge in [-0.15, -0.1) is 10.2 Å². The Morgan fingerprint density at radius 1 is 1.31 bits per heavy atom. The van der Waals surface area contributed by atoms with Gasteiger partial charge < -0.3 is 0 Å². The van der Waals surface area contributed by atoms with E-state index in [-0.39, 0.29) is 10.5 Å². The van der Waals surface area contributed by atoms with Crippen LogP contribution in [0.3, 0.4) is 0 Å². The Bertz CT molecular complexity index is 951. The number of carbonyl (C=O) groups is 1. The van der Waals surface area contributed by atoms with E-state index in [0.29, 0.717) is 30.1 Å². The smallest absolute Gasteiger partial charge is 0.257 e. The Morgan fingerprint density at radius 2 is 2.03 bits per heavy atom. The van der Waals surface area contributed by atoms with Crippen LogP contribution >= 0.6 is 23.1 Å². The van der Waals surface area contributed by atoms with Crippen molar-refractivity contribution in [3.63, 3.8) is 0 Å². The molecule has 2 heterocycles. The third-order valence-corrected chi connectivity index (χ3v) is 8.94. The molecule has 1 aromatic heterocycles. The van der Waals surface area contributed by atoms with E-state index < -0.39 is 15.9 Å². The zero-order chi connectivity index (χ0) is 21.0. The summed E-state index contributed by atoms with van der Waals surface area (Å²) in [7, 11) is -3.60. The van der Waals surface area contributed by atoms with Gasteiger partial charge in [-0.25, -0.2) is 8.42 Å². The molecule has 0 saturated carbocycles. The monoisotopic (exact) mass is 454 g/mol. The Hall–Kier alpha value is -1.49. The summed E-state index contributed by atoms with van der Waals surface area (Å²) in [5.41, 5.74) is 0.281. The van der Waals surface area contributed by atoms with Crippen molar-refractivity contribution in [2.75, 3.05) is 24.2 Å². The van der Waals surface area contributed by atoms with Crippen LogP contribution in [0.1, 0.15) is 44.0 Å². The first kappa shape index (κ1) is 22.2. The molecule has 1 aliphatic heterocycles. The minimum atomic E-state index is -3.60. The van der Waals surface area contributed by atoms with Crippen LogP contribution in [0.4, 0.5) is 5.13 Å². The number of anilines is 1. The van der Waals surface area contributed by atoms with Gasteiger partial charge in [0.2, 0.25) is 15.2 Å². The Labute approximate surface area is 180 Å². The van der Waals surface area contributed by atoms with Crippen LogP contribution in [0.15, 0.2) is 33.5 Å². The molecule has 1 N–H and O–H groups in total. The lowest BCUT2D eigenvalue weighted by atomic mass is 10.0. The van der Waals surface area contributed by atoms with Crippen molar-refractivity contribution >= 4 is 44.2 Å². The quantitative estimate of drug-likeness (QED) is 0.503. The van der Waals surface area contributed by atoms with E-state index in [9.17, 15) is 13.2 Å². The van der Waals surface area contributed by atoms with Gasteiger partial charge in [0.15, 0.2) is 4.34 Å². The van der Waals surface area contributed by atoms with Crippen molar-refractivity contribution in [1.29, 1.82) is 0 Å². The van der Waals surface area contributed by atoms with E-state index in [1.807, 2.05) is 0 Å². The molecule has 7 nitrogen and oxygen atoms in total. The molecule has 29 heavy (non-hydrogen) atoms. The average molecular weight is 455 g/mol. The number of amides is 1. The number of sulfonamides is 1. The molecule has 0 unspecified atom stereocenters. The summed E-state index contributed by atoms with van der Waals surface area (Å²) in [6, 6.07) is 6.16. The Kier molecular flexibility index (Phi) is 7.31. The summed E-state index contributed by atoms with van der Waals surface area (Å²) in [4.78, 5) is 12.7. The van der Waals surface area contributed by atoms with Crippen LogP contribution in [0.2, 0.25) is 0 Å². The van der Waals surface area contributed by atoms with E-state index in [2.05, 4.69) is 36.3 Å². The van der Waals surface area contributed by atoms with Crippen LogP contribution in [0.5, 0.6) is 0 Å². The van der Waals surface area contributed by atoms with Crippen LogP contribution in [0, 0.1) is 11.8 Å². The average Bonchev–Trinajstić information content (AvgIpc) is 3.14. The molecule has 1 aliphatic rings. The van der Waals surface area contributed by atoms with Gasteiger partial charge in [-0.1, -0.05) is 49.9 Å². The highest BCUT2D eigenvalue weighted by atomic mass is 32.2. The lowest BCUT2D eigenvalue weighted by Crippen LogP contribution is -2.37. The molecule has 3 rings (SSSR count). The molecule has 1 fully saturated rings. The van der Waals surface area contributed by atoms with Gasteiger partial charge in [-0.05, 0) is 42.9 Å². The number of hydrogen-bond acceptors (Lipinski definition) is 7. The number of benzene rings is 1. The number of rotatable bonds is 7. The maximum atomic E-state index is 12.9. The van der Waals surface area contributed by atoms with Gasteiger partial charge in [0.25, 0.3) is 5.91 Å². The molecule has 10 heteroatoms. The predicted molar refractivity (Wildman–Crippen MR) is 117 cm³/mol. The highest BCUT2D eigenvalue weighted by Gasteiger charge is 2.28. The van der Waals surface area contributed by atoms with Crippen LogP contribution in [-0.2, 0) is 10.0 Å². The van der Waals surface area contributed by atoms with E-state index in [0.717, 1.165) is 22.9 Å². The molecule has 0 bridgehead atoms. The van der Waals surface area contributed by atoms with Crippen LogP contribution in [0.25, 0.3) is 0 Å². The highest BCUT2D eigenvalue weighted by Crippen LogP contribution is 2.28. The molecule has 1 saturated heterocycles. The topological polar surface area (TPSA) is 92.3 Å². The second kappa shape index (κ2) is 9.55. The number of thioether (sulfide) groups is 1. The summed E-state index contributed by atoms with van der Waals surface area (Å²) in [5.74, 6) is 1.60. The molecule has 0 spiro atoms. The molecular formula is C19H26N4O3S3. The standard InChI is InChI=1S/C19H26N4O3S3/c1-13(2)12-27-19-22-21-18(28-19)20-17(24)15-5-4-6-16(11-15)29(25,26)23-9-7-14(3)8-10-23/h4-6,11,13-14H,7-10,12H2,1-3H3,(H,20,21,24). The Morgan fingerprint density at radius 3 is 2.72 bits per heavy atom. The summed E-state index contributed by atoms with van der Waals surface area (Å²) < 4.78 is 28.2. The fourth-order valence-electron chi connectivity index (χ4n) is 2.90. The first-order chi connectivity index (χ1) is 13.8. The van der Waals surface area contributed by atoms with Gasteiger partial charge in [-0.3, -0.25) is 10.1 Å². The van der Waals surface area contributed by atoms with Crippen molar-refractivity contribution in [3.8, 4) is 0 Å².